The van der Waals surface area contributed by atoms with Crippen LogP contribution < -0.4 is 19.5 Å². The van der Waals surface area contributed by atoms with E-state index in [0.717, 1.165) is 65.8 Å². The van der Waals surface area contributed by atoms with Gasteiger partial charge < -0.3 is 14.2 Å². The van der Waals surface area contributed by atoms with Gasteiger partial charge in [-0.3, -0.25) is 14.9 Å². The Labute approximate surface area is 220 Å². The average Bonchev–Trinajstić information content (AvgIpc) is 3.22. The van der Waals surface area contributed by atoms with Crippen LogP contribution >= 0.6 is 23.4 Å². The van der Waals surface area contributed by atoms with Crippen molar-refractivity contribution >= 4 is 34.5 Å². The molecule has 0 bridgehead atoms. The summed E-state index contributed by atoms with van der Waals surface area (Å²) >= 11 is 6.94. The van der Waals surface area contributed by atoms with E-state index in [2.05, 4.69) is 12.2 Å². The molecule has 2 amide bonds. The number of aryl methyl sites for hydroxylation is 1. The number of carbonyl (C=O) groups is 2. The number of benzene rings is 3. The van der Waals surface area contributed by atoms with E-state index in [4.69, 9.17) is 25.8 Å². The zero-order valence-corrected chi connectivity index (χ0v) is 21.6. The number of hydrogen-bond acceptors (Lipinski definition) is 6. The van der Waals surface area contributed by atoms with Gasteiger partial charge in [-0.1, -0.05) is 37.1 Å². The lowest BCUT2D eigenvalue weighted by atomic mass is 10.1. The van der Waals surface area contributed by atoms with E-state index < -0.39 is 5.25 Å². The van der Waals surface area contributed by atoms with Crippen LogP contribution in [0.2, 0.25) is 5.02 Å². The van der Waals surface area contributed by atoms with Gasteiger partial charge in [0.1, 0.15) is 28.2 Å². The van der Waals surface area contributed by atoms with Crippen LogP contribution in [0.25, 0.3) is 0 Å². The average molecular weight is 526 g/mol. The van der Waals surface area contributed by atoms with Gasteiger partial charge in [0.25, 0.3) is 5.24 Å². The molecule has 0 saturated carbocycles. The highest BCUT2D eigenvalue weighted by Crippen LogP contribution is 2.35. The molecule has 1 fully saturated rings. The van der Waals surface area contributed by atoms with Crippen LogP contribution in [0, 0.1) is 0 Å². The molecule has 188 valence electrons. The summed E-state index contributed by atoms with van der Waals surface area (Å²) in [6.07, 6.45) is 3.56. The van der Waals surface area contributed by atoms with Crippen molar-refractivity contribution in [1.29, 1.82) is 0 Å². The van der Waals surface area contributed by atoms with Crippen LogP contribution in [-0.2, 0) is 11.2 Å². The van der Waals surface area contributed by atoms with E-state index in [9.17, 15) is 9.59 Å². The fourth-order valence-electron chi connectivity index (χ4n) is 3.78. The molecule has 4 rings (SSSR count). The fraction of sp³-hybridized carbons (Fsp3) is 0.286. The Morgan fingerprint density at radius 1 is 0.889 bits per heavy atom. The van der Waals surface area contributed by atoms with Crippen LogP contribution in [0.5, 0.6) is 23.0 Å². The summed E-state index contributed by atoms with van der Waals surface area (Å²) in [5.41, 5.74) is 1.88. The normalized spacial score (nSPS) is 15.0. The van der Waals surface area contributed by atoms with Gasteiger partial charge in [-0.2, -0.15) is 0 Å². The first-order valence-electron chi connectivity index (χ1n) is 11.9. The Kier molecular flexibility index (Phi) is 9.14. The first-order chi connectivity index (χ1) is 17.5. The molecule has 1 atom stereocenters. The van der Waals surface area contributed by atoms with Gasteiger partial charge in [0, 0.05) is 5.02 Å². The fourth-order valence-corrected chi connectivity index (χ4v) is 4.73. The maximum Gasteiger partial charge on any atom is 0.286 e. The molecule has 0 aromatic heterocycles. The van der Waals surface area contributed by atoms with Gasteiger partial charge in [0.05, 0.1) is 13.2 Å². The first-order valence-corrected chi connectivity index (χ1v) is 13.2. The summed E-state index contributed by atoms with van der Waals surface area (Å²) in [4.78, 5) is 23.3. The maximum atomic E-state index is 11.9. The van der Waals surface area contributed by atoms with E-state index >= 15 is 0 Å². The summed E-state index contributed by atoms with van der Waals surface area (Å²) < 4.78 is 17.9. The molecule has 1 saturated heterocycles. The van der Waals surface area contributed by atoms with Crippen molar-refractivity contribution in [3.05, 3.63) is 82.9 Å². The molecule has 1 aliphatic heterocycles. The number of carbonyl (C=O) groups excluding carboxylic acids is 2. The molecule has 0 radical (unpaired) electrons. The molecule has 3 aromatic carbocycles. The van der Waals surface area contributed by atoms with Crippen molar-refractivity contribution in [1.82, 2.24) is 5.32 Å². The largest absolute Gasteiger partial charge is 0.494 e. The van der Waals surface area contributed by atoms with Crippen molar-refractivity contribution in [2.24, 2.45) is 0 Å². The third-order valence-corrected chi connectivity index (χ3v) is 6.80. The summed E-state index contributed by atoms with van der Waals surface area (Å²) in [6.45, 7) is 3.25. The molecular weight excluding hydrogens is 498 g/mol. The number of unbranched alkanes of at least 4 members (excludes halogenated alkanes) is 1. The number of amides is 2. The van der Waals surface area contributed by atoms with Gasteiger partial charge >= 0.3 is 0 Å². The lowest BCUT2D eigenvalue weighted by Crippen LogP contribution is -2.20. The second-order valence-electron chi connectivity index (χ2n) is 8.33. The number of imide groups is 1. The van der Waals surface area contributed by atoms with Gasteiger partial charge in [0.2, 0.25) is 5.91 Å². The first kappa shape index (κ1) is 25.9. The SMILES string of the molecule is CCCc1cc(Oc2ccc(Cl)cc2)ccc1OCCCCOc1cccc(C2SC(=O)NC2=O)c1. The highest BCUT2D eigenvalue weighted by atomic mass is 35.5. The maximum absolute atomic E-state index is 11.9. The molecule has 1 aliphatic rings. The minimum Gasteiger partial charge on any atom is -0.494 e. The third kappa shape index (κ3) is 7.18. The van der Waals surface area contributed by atoms with E-state index in [1.165, 1.54) is 0 Å². The minimum absolute atomic E-state index is 0.286. The molecule has 1 N–H and O–H groups in total. The van der Waals surface area contributed by atoms with E-state index in [1.54, 1.807) is 12.1 Å². The standard InChI is InChI=1S/C28H28ClNO5S/c1-2-6-19-17-24(35-22-11-9-21(29)10-12-22)13-14-25(19)34-16-4-3-15-33-23-8-5-7-20(18-23)26-27(31)30-28(32)36-26/h5,7-14,17-18,26H,2-4,6,15-16H2,1H3,(H,30,31,32). The Balaban J connectivity index is 1.23. The number of ether oxygens (including phenoxy) is 3. The number of nitrogens with one attached hydrogen (secondary N) is 1. The van der Waals surface area contributed by atoms with Crippen LogP contribution in [0.3, 0.4) is 0 Å². The highest BCUT2D eigenvalue weighted by molar-refractivity contribution is 8.15. The van der Waals surface area contributed by atoms with Gasteiger partial charge in [-0.15, -0.1) is 0 Å². The second kappa shape index (κ2) is 12.7. The lowest BCUT2D eigenvalue weighted by molar-refractivity contribution is -0.119. The number of halogens is 1. The van der Waals surface area contributed by atoms with E-state index in [-0.39, 0.29) is 11.1 Å². The van der Waals surface area contributed by atoms with Crippen molar-refractivity contribution in [2.75, 3.05) is 13.2 Å². The van der Waals surface area contributed by atoms with E-state index in [0.29, 0.717) is 24.0 Å². The lowest BCUT2D eigenvalue weighted by Gasteiger charge is -2.14. The van der Waals surface area contributed by atoms with Crippen molar-refractivity contribution < 1.29 is 23.8 Å². The minimum atomic E-state index is -0.519. The number of thioether (sulfide) groups is 1. The smallest absolute Gasteiger partial charge is 0.286 e. The van der Waals surface area contributed by atoms with Gasteiger partial charge in [-0.05, 0) is 96.7 Å². The summed E-state index contributed by atoms with van der Waals surface area (Å²) in [6, 6.07) is 20.5. The zero-order valence-electron chi connectivity index (χ0n) is 20.0. The molecule has 8 heteroatoms. The second-order valence-corrected chi connectivity index (χ2v) is 9.84. The summed E-state index contributed by atoms with van der Waals surface area (Å²) in [5.74, 6) is 2.77. The Morgan fingerprint density at radius 3 is 2.36 bits per heavy atom. The zero-order chi connectivity index (χ0) is 25.3. The monoisotopic (exact) mass is 525 g/mol. The topological polar surface area (TPSA) is 73.9 Å². The van der Waals surface area contributed by atoms with Gasteiger partial charge in [0.15, 0.2) is 0 Å². The highest BCUT2D eigenvalue weighted by Gasteiger charge is 2.33. The molecule has 1 unspecified atom stereocenters. The van der Waals surface area contributed by atoms with Gasteiger partial charge in [-0.25, -0.2) is 0 Å². The predicted octanol–water partition coefficient (Wildman–Crippen LogP) is 7.35. The Hall–Kier alpha value is -3.16. The summed E-state index contributed by atoms with van der Waals surface area (Å²) in [7, 11) is 0. The van der Waals surface area contributed by atoms with E-state index in [1.807, 2.05) is 54.6 Å². The molecule has 1 heterocycles. The molecule has 0 spiro atoms. The molecule has 3 aromatic rings. The van der Waals surface area contributed by atoms with Crippen LogP contribution in [0.1, 0.15) is 42.6 Å². The van der Waals surface area contributed by atoms with Crippen LogP contribution in [0.4, 0.5) is 4.79 Å². The number of rotatable bonds is 12. The third-order valence-electron chi connectivity index (χ3n) is 5.51. The van der Waals surface area contributed by atoms with Crippen molar-refractivity contribution in [3.8, 4) is 23.0 Å². The number of hydrogen-bond donors (Lipinski definition) is 1. The molecule has 6 nitrogen and oxygen atoms in total. The molecule has 0 aliphatic carbocycles. The van der Waals surface area contributed by atoms with Crippen molar-refractivity contribution in [2.45, 2.75) is 37.9 Å². The predicted molar refractivity (Wildman–Crippen MR) is 142 cm³/mol. The van der Waals surface area contributed by atoms with Crippen molar-refractivity contribution in [3.63, 3.8) is 0 Å². The molecule has 36 heavy (non-hydrogen) atoms. The quantitative estimate of drug-likeness (QED) is 0.249. The van der Waals surface area contributed by atoms with Crippen LogP contribution in [-0.4, -0.2) is 24.4 Å². The summed E-state index contributed by atoms with van der Waals surface area (Å²) in [5, 5.41) is 2.15. The molecular formula is C28H28ClNO5S. The van der Waals surface area contributed by atoms with Crippen LogP contribution in [0.15, 0.2) is 66.7 Å². The Bertz CT molecular complexity index is 1200. The Morgan fingerprint density at radius 2 is 1.64 bits per heavy atom.